The van der Waals surface area contributed by atoms with Gasteiger partial charge in [-0.3, -0.25) is 4.79 Å². The van der Waals surface area contributed by atoms with Crippen LogP contribution in [0.5, 0.6) is 5.75 Å². The molecule has 2 fully saturated rings. The molecule has 3 atom stereocenters. The highest BCUT2D eigenvalue weighted by atomic mass is 16.5. The number of fused-ring (bicyclic) bond motifs is 1. The van der Waals surface area contributed by atoms with Crippen molar-refractivity contribution in [3.63, 3.8) is 0 Å². The number of carbonyl (C=O) groups excluding carboxylic acids is 1. The molecule has 0 bridgehead atoms. The molecular formula is C18H25NO2. The Kier molecular flexibility index (Phi) is 4.47. The second kappa shape index (κ2) is 6.50. The van der Waals surface area contributed by atoms with Gasteiger partial charge in [-0.1, -0.05) is 25.0 Å². The fourth-order valence-corrected chi connectivity index (χ4v) is 4.22. The number of ether oxygens (including phenoxy) is 1. The monoisotopic (exact) mass is 287 g/mol. The maximum Gasteiger partial charge on any atom is 0.224 e. The van der Waals surface area contributed by atoms with E-state index in [9.17, 15) is 4.79 Å². The third-order valence-electron chi connectivity index (χ3n) is 5.29. The van der Waals surface area contributed by atoms with Crippen LogP contribution in [-0.4, -0.2) is 19.6 Å². The van der Waals surface area contributed by atoms with Crippen LogP contribution in [0.2, 0.25) is 0 Å². The summed E-state index contributed by atoms with van der Waals surface area (Å²) in [4.78, 5) is 12.1. The fraction of sp³-hybridized carbons (Fsp3) is 0.611. The van der Waals surface area contributed by atoms with Crippen LogP contribution in [-0.2, 0) is 11.2 Å². The van der Waals surface area contributed by atoms with Gasteiger partial charge < -0.3 is 10.1 Å². The second-order valence-corrected chi connectivity index (χ2v) is 6.52. The van der Waals surface area contributed by atoms with Crippen LogP contribution in [0.15, 0.2) is 24.3 Å². The Morgan fingerprint density at radius 1 is 1.29 bits per heavy atom. The number of nitrogens with one attached hydrogen (secondary N) is 1. The van der Waals surface area contributed by atoms with E-state index in [0.717, 1.165) is 29.7 Å². The van der Waals surface area contributed by atoms with Gasteiger partial charge in [-0.2, -0.15) is 0 Å². The summed E-state index contributed by atoms with van der Waals surface area (Å²) in [7, 11) is 1.65. The lowest BCUT2D eigenvalue weighted by molar-refractivity contribution is -0.120. The van der Waals surface area contributed by atoms with Gasteiger partial charge in [0.25, 0.3) is 0 Å². The first kappa shape index (κ1) is 14.4. The van der Waals surface area contributed by atoms with Gasteiger partial charge in [-0.05, 0) is 54.7 Å². The van der Waals surface area contributed by atoms with Crippen LogP contribution in [0.4, 0.5) is 0 Å². The molecule has 3 rings (SSSR count). The summed E-state index contributed by atoms with van der Waals surface area (Å²) in [5.41, 5.74) is 1.01. The van der Waals surface area contributed by atoms with Gasteiger partial charge in [0.05, 0.1) is 13.5 Å². The van der Waals surface area contributed by atoms with Gasteiger partial charge in [0.15, 0.2) is 0 Å². The number of hydrogen-bond donors (Lipinski definition) is 1. The molecule has 3 nitrogen and oxygen atoms in total. The molecule has 1 aromatic rings. The maximum absolute atomic E-state index is 12.1. The Hall–Kier alpha value is -1.51. The van der Waals surface area contributed by atoms with Gasteiger partial charge in [0.2, 0.25) is 5.91 Å². The number of rotatable bonds is 5. The van der Waals surface area contributed by atoms with E-state index in [4.69, 9.17) is 4.74 Å². The van der Waals surface area contributed by atoms with Crippen molar-refractivity contribution < 1.29 is 9.53 Å². The summed E-state index contributed by atoms with van der Waals surface area (Å²) in [5, 5.41) is 3.14. The fourth-order valence-electron chi connectivity index (χ4n) is 4.22. The highest BCUT2D eigenvalue weighted by Crippen LogP contribution is 2.47. The van der Waals surface area contributed by atoms with E-state index >= 15 is 0 Å². The maximum atomic E-state index is 12.1. The van der Waals surface area contributed by atoms with Gasteiger partial charge in [-0.25, -0.2) is 0 Å². The molecule has 0 aliphatic heterocycles. The molecule has 0 aromatic heterocycles. The predicted octanol–water partition coefficient (Wildman–Crippen LogP) is 3.18. The molecule has 2 saturated carbocycles. The largest absolute Gasteiger partial charge is 0.497 e. The van der Waals surface area contributed by atoms with Crippen LogP contribution in [0, 0.1) is 17.8 Å². The molecule has 3 heteroatoms. The van der Waals surface area contributed by atoms with Crippen LogP contribution in [0.25, 0.3) is 0 Å². The standard InChI is InChI=1S/C18H25NO2/c1-21-16-6-2-4-13(10-16)11-18(20)19-12-15-9-8-14-5-3-7-17(14)15/h2,4,6,10,14-15,17H,3,5,7-9,11-12H2,1H3,(H,19,20)/t14-,15+,17-/m0/s1. The molecule has 0 saturated heterocycles. The molecule has 2 aliphatic rings. The van der Waals surface area contributed by atoms with Gasteiger partial charge >= 0.3 is 0 Å². The van der Waals surface area contributed by atoms with Crippen LogP contribution < -0.4 is 10.1 Å². The van der Waals surface area contributed by atoms with Crippen molar-refractivity contribution in [1.82, 2.24) is 5.32 Å². The average Bonchev–Trinajstić information content (AvgIpc) is 3.09. The van der Waals surface area contributed by atoms with Gasteiger partial charge in [0, 0.05) is 6.54 Å². The van der Waals surface area contributed by atoms with E-state index in [2.05, 4.69) is 5.32 Å². The van der Waals surface area contributed by atoms with Crippen molar-refractivity contribution in [2.75, 3.05) is 13.7 Å². The van der Waals surface area contributed by atoms with E-state index in [-0.39, 0.29) is 5.91 Å². The highest BCUT2D eigenvalue weighted by molar-refractivity contribution is 5.78. The lowest BCUT2D eigenvalue weighted by atomic mass is 9.92. The van der Waals surface area contributed by atoms with E-state index in [1.165, 1.54) is 32.1 Å². The van der Waals surface area contributed by atoms with Crippen LogP contribution >= 0.6 is 0 Å². The Morgan fingerprint density at radius 2 is 2.19 bits per heavy atom. The molecule has 0 unspecified atom stereocenters. The van der Waals surface area contributed by atoms with Crippen molar-refractivity contribution in [1.29, 1.82) is 0 Å². The zero-order valence-electron chi connectivity index (χ0n) is 12.8. The SMILES string of the molecule is COc1cccc(CC(=O)NC[C@H]2CC[C@@H]3CCC[C@@H]32)c1. The molecule has 1 amide bonds. The number of methoxy groups -OCH3 is 1. The minimum atomic E-state index is 0.129. The third-order valence-corrected chi connectivity index (χ3v) is 5.29. The first-order valence-electron chi connectivity index (χ1n) is 8.16. The van der Waals surface area contributed by atoms with Crippen molar-refractivity contribution in [2.24, 2.45) is 17.8 Å². The van der Waals surface area contributed by atoms with Crippen molar-refractivity contribution >= 4 is 5.91 Å². The Labute approximate surface area is 127 Å². The molecule has 1 N–H and O–H groups in total. The predicted molar refractivity (Wildman–Crippen MR) is 83.3 cm³/mol. The number of amides is 1. The third kappa shape index (κ3) is 3.39. The molecule has 0 heterocycles. The van der Waals surface area contributed by atoms with Crippen LogP contribution in [0.1, 0.15) is 37.7 Å². The normalized spacial score (nSPS) is 27.4. The summed E-state index contributed by atoms with van der Waals surface area (Å²) in [6, 6.07) is 7.74. The van der Waals surface area contributed by atoms with E-state index in [0.29, 0.717) is 12.3 Å². The van der Waals surface area contributed by atoms with E-state index in [1.807, 2.05) is 24.3 Å². The zero-order chi connectivity index (χ0) is 14.7. The number of benzene rings is 1. The first-order chi connectivity index (χ1) is 10.3. The van der Waals surface area contributed by atoms with Gasteiger partial charge in [-0.15, -0.1) is 0 Å². The quantitative estimate of drug-likeness (QED) is 0.903. The van der Waals surface area contributed by atoms with Crippen molar-refractivity contribution in [3.8, 4) is 5.75 Å². The molecule has 0 radical (unpaired) electrons. The van der Waals surface area contributed by atoms with E-state index < -0.39 is 0 Å². The summed E-state index contributed by atoms with van der Waals surface area (Å²) < 4.78 is 5.19. The first-order valence-corrected chi connectivity index (χ1v) is 8.16. The highest BCUT2D eigenvalue weighted by Gasteiger charge is 2.38. The molecule has 0 spiro atoms. The Morgan fingerprint density at radius 3 is 3.05 bits per heavy atom. The lowest BCUT2D eigenvalue weighted by Gasteiger charge is -2.19. The number of carbonyl (C=O) groups is 1. The number of hydrogen-bond acceptors (Lipinski definition) is 2. The summed E-state index contributed by atoms with van der Waals surface area (Å²) in [5.74, 6) is 3.48. The Balaban J connectivity index is 1.48. The van der Waals surface area contributed by atoms with E-state index in [1.54, 1.807) is 7.11 Å². The zero-order valence-corrected chi connectivity index (χ0v) is 12.8. The molecule has 114 valence electrons. The molecule has 2 aliphatic carbocycles. The summed E-state index contributed by atoms with van der Waals surface area (Å²) in [6.07, 6.45) is 7.30. The molecule has 21 heavy (non-hydrogen) atoms. The van der Waals surface area contributed by atoms with Crippen molar-refractivity contribution in [3.05, 3.63) is 29.8 Å². The topological polar surface area (TPSA) is 38.3 Å². The summed E-state index contributed by atoms with van der Waals surface area (Å²) in [6.45, 7) is 0.865. The second-order valence-electron chi connectivity index (χ2n) is 6.52. The van der Waals surface area contributed by atoms with Crippen molar-refractivity contribution in [2.45, 2.75) is 38.5 Å². The molecular weight excluding hydrogens is 262 g/mol. The summed E-state index contributed by atoms with van der Waals surface area (Å²) >= 11 is 0. The van der Waals surface area contributed by atoms with Crippen LogP contribution in [0.3, 0.4) is 0 Å². The smallest absolute Gasteiger partial charge is 0.224 e. The van der Waals surface area contributed by atoms with Gasteiger partial charge in [0.1, 0.15) is 5.75 Å². The lowest BCUT2D eigenvalue weighted by Crippen LogP contribution is -2.32. The minimum Gasteiger partial charge on any atom is -0.497 e. The minimum absolute atomic E-state index is 0.129. The Bertz CT molecular complexity index is 500. The molecule has 1 aromatic carbocycles. The average molecular weight is 287 g/mol.